The Balaban J connectivity index is 3.31. The summed E-state index contributed by atoms with van der Waals surface area (Å²) in [6.45, 7) is 2.06. The predicted octanol–water partition coefficient (Wildman–Crippen LogP) is 1.22. The van der Waals surface area contributed by atoms with Crippen LogP contribution in [0.2, 0.25) is 0 Å². The average molecular weight is 181 g/mol. The van der Waals surface area contributed by atoms with Crippen LogP contribution < -0.4 is 5.90 Å². The second-order valence-electron chi connectivity index (χ2n) is 2.42. The highest BCUT2D eigenvalue weighted by Crippen LogP contribution is 2.06. The summed E-state index contributed by atoms with van der Waals surface area (Å²) in [6, 6.07) is 0. The maximum atomic E-state index is 10.6. The summed E-state index contributed by atoms with van der Waals surface area (Å²) in [6.07, 6.45) is 3.69. The van der Waals surface area contributed by atoms with E-state index in [1.807, 2.05) is 0 Å². The number of rotatable bonds is 6. The van der Waals surface area contributed by atoms with E-state index < -0.39 is 10.5 Å². The zero-order chi connectivity index (χ0) is 8.74. The summed E-state index contributed by atoms with van der Waals surface area (Å²) in [5, 5.41) is 0. The molecule has 1 radical (unpaired) electrons. The van der Waals surface area contributed by atoms with E-state index in [2.05, 4.69) is 17.1 Å². The topological polar surface area (TPSA) is 72.2 Å². The van der Waals surface area contributed by atoms with Crippen LogP contribution in [-0.4, -0.2) is 5.75 Å². The zero-order valence-electron chi connectivity index (χ0n) is 6.75. The van der Waals surface area contributed by atoms with Crippen molar-refractivity contribution in [2.75, 3.05) is 5.75 Å². The molecular weight excluding hydrogens is 166 g/mol. The summed E-state index contributed by atoms with van der Waals surface area (Å²) < 4.78 is 25.0. The van der Waals surface area contributed by atoms with Crippen LogP contribution in [0.3, 0.4) is 0 Å². The highest BCUT2D eigenvalue weighted by molar-refractivity contribution is 7.92. The molecule has 0 spiro atoms. The maximum absolute atomic E-state index is 10.6. The number of hydrogen-bond acceptors (Lipinski definition) is 3. The molecule has 0 saturated heterocycles. The van der Waals surface area contributed by atoms with E-state index in [0.29, 0.717) is 6.42 Å². The molecule has 0 heterocycles. The van der Waals surface area contributed by atoms with Crippen LogP contribution in [0.5, 0.6) is 0 Å². The van der Waals surface area contributed by atoms with E-state index in [1.54, 1.807) is 0 Å². The molecule has 0 amide bonds. The molecule has 0 fully saturated rings. The fraction of sp³-hybridized carbons (Fsp3) is 1.00. The Morgan fingerprint density at radius 2 is 2.00 bits per heavy atom. The molecule has 1 unspecified atom stereocenters. The van der Waals surface area contributed by atoms with Crippen LogP contribution in [0.1, 0.15) is 32.6 Å². The molecule has 5 heteroatoms. The van der Waals surface area contributed by atoms with Gasteiger partial charge in [0.25, 0.3) is 0 Å². The van der Waals surface area contributed by atoms with Gasteiger partial charge in [-0.3, -0.25) is 0 Å². The van der Waals surface area contributed by atoms with Crippen molar-refractivity contribution in [2.24, 2.45) is 5.90 Å². The van der Waals surface area contributed by atoms with Gasteiger partial charge in [-0.2, -0.15) is 5.90 Å². The summed E-state index contributed by atoms with van der Waals surface area (Å²) in [5.74, 6) is 4.56. The third-order valence-corrected chi connectivity index (χ3v) is 2.48. The summed E-state index contributed by atoms with van der Waals surface area (Å²) in [4.78, 5) is 0. The summed E-state index contributed by atoms with van der Waals surface area (Å²) >= 11 is 0. The van der Waals surface area contributed by atoms with Crippen molar-refractivity contribution in [3.05, 3.63) is 0 Å². The molecule has 4 nitrogen and oxygen atoms in total. The lowest BCUT2D eigenvalue weighted by Crippen LogP contribution is -2.20. The molecule has 0 rings (SSSR count). The van der Waals surface area contributed by atoms with Crippen molar-refractivity contribution in [2.45, 2.75) is 32.6 Å². The zero-order valence-corrected chi connectivity index (χ0v) is 7.56. The molecule has 0 saturated carbocycles. The van der Waals surface area contributed by atoms with Gasteiger partial charge in [-0.1, -0.05) is 19.8 Å². The maximum Gasteiger partial charge on any atom is 0.413 e. The quantitative estimate of drug-likeness (QED) is 0.380. The Bertz CT molecular complexity index is 140. The van der Waals surface area contributed by atoms with Gasteiger partial charge in [-0.25, -0.2) is 0 Å². The van der Waals surface area contributed by atoms with Gasteiger partial charge in [-0.05, 0) is 21.3 Å². The lowest BCUT2D eigenvalue weighted by atomic mass is 10.2. The van der Waals surface area contributed by atoms with Crippen LogP contribution >= 0.6 is 0 Å². The molecular formula is C6H15NO3S+. The smallest absolute Gasteiger partial charge is 0.161 e. The lowest BCUT2D eigenvalue weighted by molar-refractivity contribution is 0.261. The van der Waals surface area contributed by atoms with Crippen LogP contribution in [0.15, 0.2) is 0 Å². The molecule has 0 aromatic carbocycles. The fourth-order valence-electron chi connectivity index (χ4n) is 0.754. The number of hydrogen-bond donors (Lipinski definition) is 1. The Morgan fingerprint density at radius 3 is 2.45 bits per heavy atom. The van der Waals surface area contributed by atoms with Gasteiger partial charge < -0.3 is 0 Å². The van der Waals surface area contributed by atoms with Crippen LogP contribution in [0.4, 0.5) is 0 Å². The van der Waals surface area contributed by atoms with Gasteiger partial charge in [0.2, 0.25) is 0 Å². The molecule has 0 aromatic rings. The Hall–Kier alpha value is 0.0300. The SMILES string of the molecule is CCCCCC[S+]([O])(=O)ON. The molecule has 0 bridgehead atoms. The van der Waals surface area contributed by atoms with Crippen molar-refractivity contribution in [3.8, 4) is 0 Å². The Labute approximate surface area is 68.5 Å². The highest BCUT2D eigenvalue weighted by Gasteiger charge is 2.28. The van der Waals surface area contributed by atoms with Crippen LogP contribution in [0.25, 0.3) is 0 Å². The van der Waals surface area contributed by atoms with Crippen molar-refractivity contribution in [3.63, 3.8) is 0 Å². The van der Waals surface area contributed by atoms with E-state index in [-0.39, 0.29) is 5.75 Å². The van der Waals surface area contributed by atoms with E-state index in [0.717, 1.165) is 19.3 Å². The largest absolute Gasteiger partial charge is 0.413 e. The van der Waals surface area contributed by atoms with Gasteiger partial charge in [0.15, 0.2) is 5.75 Å². The fourth-order valence-corrected chi connectivity index (χ4v) is 1.41. The van der Waals surface area contributed by atoms with Crippen molar-refractivity contribution in [1.29, 1.82) is 0 Å². The molecule has 67 valence electrons. The first-order chi connectivity index (χ1) is 5.12. The summed E-state index contributed by atoms with van der Waals surface area (Å²) in [5.41, 5.74) is 0. The number of unbranched alkanes of at least 4 members (excludes halogenated alkanes) is 3. The molecule has 1 atom stereocenters. The van der Waals surface area contributed by atoms with Gasteiger partial charge in [-0.15, -0.1) is 0 Å². The number of nitrogens with two attached hydrogens (primary N) is 1. The molecule has 0 aliphatic carbocycles. The van der Waals surface area contributed by atoms with Crippen molar-refractivity contribution in [1.82, 2.24) is 0 Å². The second kappa shape index (κ2) is 5.65. The third kappa shape index (κ3) is 6.43. The minimum absolute atomic E-state index is 0.0312. The van der Waals surface area contributed by atoms with E-state index in [9.17, 15) is 8.76 Å². The lowest BCUT2D eigenvalue weighted by Gasteiger charge is -1.95. The molecule has 0 aromatic heterocycles. The Kier molecular flexibility index (Phi) is 5.67. The molecule has 2 N–H and O–H groups in total. The highest BCUT2D eigenvalue weighted by atomic mass is 32.3. The average Bonchev–Trinajstić information content (AvgIpc) is 1.99. The first-order valence-electron chi connectivity index (χ1n) is 3.73. The third-order valence-electron chi connectivity index (χ3n) is 1.39. The second-order valence-corrected chi connectivity index (χ2v) is 4.13. The van der Waals surface area contributed by atoms with E-state index in [1.165, 1.54) is 0 Å². The monoisotopic (exact) mass is 181 g/mol. The summed E-state index contributed by atoms with van der Waals surface area (Å²) in [7, 11) is -3.42. The first kappa shape index (κ1) is 11.0. The van der Waals surface area contributed by atoms with Crippen molar-refractivity contribution >= 4 is 10.5 Å². The minimum Gasteiger partial charge on any atom is -0.161 e. The normalized spacial score (nSPS) is 16.3. The van der Waals surface area contributed by atoms with Gasteiger partial charge >= 0.3 is 10.5 Å². The Morgan fingerprint density at radius 1 is 1.36 bits per heavy atom. The molecule has 0 aliphatic heterocycles. The predicted molar refractivity (Wildman–Crippen MR) is 43.0 cm³/mol. The van der Waals surface area contributed by atoms with Crippen molar-refractivity contribution < 1.29 is 13.0 Å². The van der Waals surface area contributed by atoms with Crippen LogP contribution in [-0.2, 0) is 23.5 Å². The first-order valence-corrected chi connectivity index (χ1v) is 5.31. The van der Waals surface area contributed by atoms with Gasteiger partial charge in [0, 0.05) is 0 Å². The molecule has 0 aliphatic rings. The van der Waals surface area contributed by atoms with Gasteiger partial charge in [0.1, 0.15) is 0 Å². The van der Waals surface area contributed by atoms with Gasteiger partial charge in [0.05, 0.1) is 4.55 Å². The van der Waals surface area contributed by atoms with E-state index >= 15 is 0 Å². The molecule has 11 heavy (non-hydrogen) atoms. The van der Waals surface area contributed by atoms with Crippen LogP contribution in [0, 0.1) is 0 Å². The standard InChI is InChI=1S/C6H15NO3S/c1-2-3-4-5-6-11(8,9)10-7/h2-7H2,1H3/q+1. The van der Waals surface area contributed by atoms with E-state index in [4.69, 9.17) is 0 Å². The minimum atomic E-state index is -3.42.